The molecule has 0 aliphatic carbocycles. The highest BCUT2D eigenvalue weighted by atomic mass is 16.5. The molecule has 0 saturated heterocycles. The van der Waals surface area contributed by atoms with Gasteiger partial charge in [-0.05, 0) is 43.5 Å². The van der Waals surface area contributed by atoms with E-state index in [-0.39, 0.29) is 11.7 Å². The molecule has 2 aromatic rings. The van der Waals surface area contributed by atoms with Crippen molar-refractivity contribution in [3.05, 3.63) is 83.4 Å². The molecule has 0 fully saturated rings. The number of nitrogens with zero attached hydrogens (tertiary/aromatic N) is 2. The van der Waals surface area contributed by atoms with Crippen molar-refractivity contribution in [3.8, 4) is 0 Å². The van der Waals surface area contributed by atoms with Crippen molar-refractivity contribution in [2.45, 2.75) is 32.4 Å². The molecule has 6 heteroatoms. The fourth-order valence-corrected chi connectivity index (χ4v) is 3.40. The number of pyridine rings is 1. The number of rotatable bonds is 9. The highest BCUT2D eigenvalue weighted by molar-refractivity contribution is 6.14. The minimum absolute atomic E-state index is 0.0740. The molecule has 1 aliphatic rings. The van der Waals surface area contributed by atoms with Gasteiger partial charge in [-0.3, -0.25) is 14.6 Å². The lowest BCUT2D eigenvalue weighted by molar-refractivity contribution is -0.129. The Morgan fingerprint density at radius 1 is 1.23 bits per heavy atom. The van der Waals surface area contributed by atoms with E-state index < -0.39 is 23.5 Å². The predicted octanol–water partition coefficient (Wildman–Crippen LogP) is 3.87. The average Bonchev–Trinajstić information content (AvgIpc) is 3.01. The van der Waals surface area contributed by atoms with Crippen molar-refractivity contribution in [1.29, 1.82) is 0 Å². The van der Waals surface area contributed by atoms with E-state index in [2.05, 4.69) is 4.98 Å². The number of benzene rings is 1. The molecule has 1 aromatic carbocycles. The number of carbonyl (C=O) groups is 2. The number of aromatic nitrogens is 1. The Morgan fingerprint density at radius 3 is 2.67 bits per heavy atom. The Morgan fingerprint density at radius 2 is 2.00 bits per heavy atom. The minimum atomic E-state index is -0.682. The molecule has 0 spiro atoms. The monoisotopic (exact) mass is 406 g/mol. The molecule has 0 saturated carbocycles. The number of aliphatic hydroxyl groups is 1. The van der Waals surface area contributed by atoms with Gasteiger partial charge < -0.3 is 14.7 Å². The van der Waals surface area contributed by atoms with Crippen LogP contribution in [0.2, 0.25) is 0 Å². The number of ketones is 1. The number of allylic oxidation sites excluding steroid dienone is 1. The van der Waals surface area contributed by atoms with Crippen LogP contribution in [-0.4, -0.2) is 45.9 Å². The maximum atomic E-state index is 13.0. The molecule has 1 amide bonds. The van der Waals surface area contributed by atoms with E-state index in [4.69, 9.17) is 4.74 Å². The van der Waals surface area contributed by atoms with Gasteiger partial charge in [-0.25, -0.2) is 0 Å². The molecule has 1 atom stereocenters. The SMILES string of the molecule is CC(C)OCCCN1C(=O)C(O)=C(C(=O)/C=C/c2ccccc2)[C@H]1c1cccnc1. The van der Waals surface area contributed by atoms with E-state index >= 15 is 0 Å². The zero-order valence-corrected chi connectivity index (χ0v) is 17.2. The summed E-state index contributed by atoms with van der Waals surface area (Å²) in [7, 11) is 0. The van der Waals surface area contributed by atoms with Crippen molar-refractivity contribution in [1.82, 2.24) is 9.88 Å². The number of amides is 1. The summed E-state index contributed by atoms with van der Waals surface area (Å²) in [6, 6.07) is 12.3. The van der Waals surface area contributed by atoms with Gasteiger partial charge in [0.1, 0.15) is 0 Å². The van der Waals surface area contributed by atoms with Crippen molar-refractivity contribution in [3.63, 3.8) is 0 Å². The van der Waals surface area contributed by atoms with Crippen LogP contribution in [0.3, 0.4) is 0 Å². The Balaban J connectivity index is 1.86. The first-order valence-electron chi connectivity index (χ1n) is 10.0. The smallest absolute Gasteiger partial charge is 0.290 e. The third-order valence-electron chi connectivity index (χ3n) is 4.79. The third-order valence-corrected chi connectivity index (χ3v) is 4.79. The molecule has 1 N–H and O–H groups in total. The quantitative estimate of drug-likeness (QED) is 0.505. The summed E-state index contributed by atoms with van der Waals surface area (Å²) in [6.07, 6.45) is 6.99. The van der Waals surface area contributed by atoms with Gasteiger partial charge in [0.2, 0.25) is 0 Å². The van der Waals surface area contributed by atoms with E-state index in [0.29, 0.717) is 25.1 Å². The number of ether oxygens (including phenoxy) is 1. The Hall–Kier alpha value is -3.25. The largest absolute Gasteiger partial charge is 0.503 e. The van der Waals surface area contributed by atoms with Gasteiger partial charge in [0.25, 0.3) is 5.91 Å². The van der Waals surface area contributed by atoms with Crippen LogP contribution in [0.25, 0.3) is 6.08 Å². The van der Waals surface area contributed by atoms with E-state index in [1.165, 1.54) is 11.0 Å². The van der Waals surface area contributed by atoms with Crippen LogP contribution in [-0.2, 0) is 14.3 Å². The van der Waals surface area contributed by atoms with E-state index in [1.807, 2.05) is 44.2 Å². The van der Waals surface area contributed by atoms with E-state index in [9.17, 15) is 14.7 Å². The molecular formula is C24H26N2O4. The maximum Gasteiger partial charge on any atom is 0.290 e. The van der Waals surface area contributed by atoms with Crippen LogP contribution >= 0.6 is 0 Å². The normalized spacial score (nSPS) is 16.8. The maximum absolute atomic E-state index is 13.0. The Kier molecular flexibility index (Phi) is 7.14. The van der Waals surface area contributed by atoms with Crippen LogP contribution in [0.1, 0.15) is 37.4 Å². The molecule has 1 aromatic heterocycles. The van der Waals surface area contributed by atoms with Gasteiger partial charge in [-0.1, -0.05) is 42.5 Å². The first-order chi connectivity index (χ1) is 14.5. The van der Waals surface area contributed by atoms with Crippen molar-refractivity contribution in [2.24, 2.45) is 0 Å². The molecule has 3 rings (SSSR count). The fraction of sp³-hybridized carbons (Fsp3) is 0.292. The van der Waals surface area contributed by atoms with E-state index in [0.717, 1.165) is 5.56 Å². The number of carbonyl (C=O) groups excluding carboxylic acids is 2. The lowest BCUT2D eigenvalue weighted by Crippen LogP contribution is -2.32. The van der Waals surface area contributed by atoms with Crippen LogP contribution in [0.15, 0.2) is 72.3 Å². The molecular weight excluding hydrogens is 380 g/mol. The Labute approximate surface area is 176 Å². The summed E-state index contributed by atoms with van der Waals surface area (Å²) in [4.78, 5) is 31.4. The molecule has 6 nitrogen and oxygen atoms in total. The van der Waals surface area contributed by atoms with Crippen LogP contribution < -0.4 is 0 Å². The first kappa shape index (κ1) is 21.5. The summed E-state index contributed by atoms with van der Waals surface area (Å²) < 4.78 is 5.56. The standard InChI is InChI=1S/C24H26N2O4/c1-17(2)30-15-7-14-26-22(19-10-6-13-25-16-19)21(23(28)24(26)29)20(27)12-11-18-8-4-3-5-9-18/h3-6,8-13,16-17,22,28H,7,14-15H2,1-2H3/b12-11+/t22-/m1/s1. The summed E-state index contributed by atoms with van der Waals surface area (Å²) in [5, 5.41) is 10.6. The van der Waals surface area contributed by atoms with Gasteiger partial charge in [0.15, 0.2) is 11.5 Å². The molecule has 2 heterocycles. The third kappa shape index (κ3) is 5.02. The Bertz CT molecular complexity index is 936. The first-order valence-corrected chi connectivity index (χ1v) is 10.0. The predicted molar refractivity (Wildman–Crippen MR) is 115 cm³/mol. The number of hydrogen-bond acceptors (Lipinski definition) is 5. The molecule has 0 radical (unpaired) electrons. The second kappa shape index (κ2) is 9.98. The number of aliphatic hydroxyl groups excluding tert-OH is 1. The molecule has 1 aliphatic heterocycles. The summed E-state index contributed by atoms with van der Waals surface area (Å²) in [6.45, 7) is 4.73. The molecule has 0 unspecified atom stereocenters. The highest BCUT2D eigenvalue weighted by Crippen LogP contribution is 2.37. The zero-order valence-electron chi connectivity index (χ0n) is 17.2. The summed E-state index contributed by atoms with van der Waals surface area (Å²) in [5.41, 5.74) is 1.61. The fourth-order valence-electron chi connectivity index (χ4n) is 3.40. The van der Waals surface area contributed by atoms with Crippen molar-refractivity contribution in [2.75, 3.05) is 13.2 Å². The van der Waals surface area contributed by atoms with Gasteiger partial charge in [-0.15, -0.1) is 0 Å². The lowest BCUT2D eigenvalue weighted by atomic mass is 9.96. The van der Waals surface area contributed by atoms with E-state index in [1.54, 1.807) is 30.6 Å². The minimum Gasteiger partial charge on any atom is -0.503 e. The summed E-state index contributed by atoms with van der Waals surface area (Å²) in [5.74, 6) is -1.46. The van der Waals surface area contributed by atoms with Crippen LogP contribution in [0, 0.1) is 0 Å². The average molecular weight is 406 g/mol. The molecule has 30 heavy (non-hydrogen) atoms. The summed E-state index contributed by atoms with van der Waals surface area (Å²) >= 11 is 0. The van der Waals surface area contributed by atoms with Gasteiger partial charge >= 0.3 is 0 Å². The highest BCUT2D eigenvalue weighted by Gasteiger charge is 2.42. The second-order valence-electron chi connectivity index (χ2n) is 7.33. The van der Waals surface area contributed by atoms with Gasteiger partial charge in [0, 0.05) is 25.5 Å². The van der Waals surface area contributed by atoms with Gasteiger partial charge in [-0.2, -0.15) is 0 Å². The van der Waals surface area contributed by atoms with Crippen LogP contribution in [0.4, 0.5) is 0 Å². The lowest BCUT2D eigenvalue weighted by Gasteiger charge is -2.26. The van der Waals surface area contributed by atoms with Gasteiger partial charge in [0.05, 0.1) is 17.7 Å². The second-order valence-corrected chi connectivity index (χ2v) is 7.33. The number of hydrogen-bond donors (Lipinski definition) is 1. The van der Waals surface area contributed by atoms with Crippen molar-refractivity contribution < 1.29 is 19.4 Å². The van der Waals surface area contributed by atoms with Crippen LogP contribution in [0.5, 0.6) is 0 Å². The topological polar surface area (TPSA) is 79.7 Å². The molecule has 156 valence electrons. The molecule has 0 bridgehead atoms. The van der Waals surface area contributed by atoms with Crippen molar-refractivity contribution >= 4 is 17.8 Å². The zero-order chi connectivity index (χ0) is 21.5.